The van der Waals surface area contributed by atoms with Crippen LogP contribution in [0.2, 0.25) is 0 Å². The summed E-state index contributed by atoms with van der Waals surface area (Å²) in [6, 6.07) is 12.8. The third kappa shape index (κ3) is 5.85. The second kappa shape index (κ2) is 10.4. The van der Waals surface area contributed by atoms with Crippen molar-refractivity contribution in [3.63, 3.8) is 0 Å². The van der Waals surface area contributed by atoms with Crippen LogP contribution in [0.15, 0.2) is 36.4 Å². The summed E-state index contributed by atoms with van der Waals surface area (Å²) < 4.78 is 0. The topological polar surface area (TPSA) is 36.1 Å². The first-order valence-electron chi connectivity index (χ1n) is 8.40. The van der Waals surface area contributed by atoms with Crippen molar-refractivity contribution in [2.75, 3.05) is 36.8 Å². The molecule has 0 heterocycles. The van der Waals surface area contributed by atoms with Gasteiger partial charge in [-0.3, -0.25) is 0 Å². The van der Waals surface area contributed by atoms with E-state index < -0.39 is 0 Å². The molecular formula is C20H29N3Ni. The Kier molecular flexibility index (Phi) is 8.88. The summed E-state index contributed by atoms with van der Waals surface area (Å²) in [5.41, 5.74) is 7.76. The SMILES string of the molecule is Cc1cccc(C)c1NCCNCCNc1c(C)cccc1C.[Ni]. The number of para-hydroxylation sites is 2. The number of hydrogen-bond acceptors (Lipinski definition) is 3. The van der Waals surface area contributed by atoms with Gasteiger partial charge in [-0.25, -0.2) is 0 Å². The molecule has 0 aliphatic heterocycles. The molecule has 2 aromatic carbocycles. The van der Waals surface area contributed by atoms with Crippen molar-refractivity contribution in [2.45, 2.75) is 27.7 Å². The van der Waals surface area contributed by atoms with Crippen molar-refractivity contribution in [3.05, 3.63) is 58.7 Å². The monoisotopic (exact) mass is 369 g/mol. The zero-order valence-corrected chi connectivity index (χ0v) is 16.1. The number of benzene rings is 2. The van der Waals surface area contributed by atoms with Crippen LogP contribution in [0, 0.1) is 27.7 Å². The average Bonchev–Trinajstić information content (AvgIpc) is 2.51. The number of anilines is 2. The number of nitrogens with one attached hydrogen (secondary N) is 3. The molecule has 0 spiro atoms. The third-order valence-electron chi connectivity index (χ3n) is 4.17. The van der Waals surface area contributed by atoms with Gasteiger partial charge in [-0.2, -0.15) is 0 Å². The molecule has 2 rings (SSSR count). The predicted molar refractivity (Wildman–Crippen MR) is 102 cm³/mol. The largest absolute Gasteiger partial charge is 0.383 e. The van der Waals surface area contributed by atoms with E-state index in [9.17, 15) is 0 Å². The first-order valence-corrected chi connectivity index (χ1v) is 8.40. The summed E-state index contributed by atoms with van der Waals surface area (Å²) in [6.07, 6.45) is 0. The Morgan fingerprint density at radius 3 is 1.25 bits per heavy atom. The maximum Gasteiger partial charge on any atom is 0.0400 e. The van der Waals surface area contributed by atoms with Crippen LogP contribution in [-0.4, -0.2) is 26.2 Å². The van der Waals surface area contributed by atoms with Crippen LogP contribution < -0.4 is 16.0 Å². The van der Waals surface area contributed by atoms with Gasteiger partial charge in [-0.15, -0.1) is 0 Å². The molecule has 0 radical (unpaired) electrons. The fraction of sp³-hybridized carbons (Fsp3) is 0.400. The van der Waals surface area contributed by atoms with Crippen LogP contribution in [0.3, 0.4) is 0 Å². The fourth-order valence-electron chi connectivity index (χ4n) is 2.86. The molecule has 2 aromatic rings. The molecule has 0 fully saturated rings. The molecule has 0 aliphatic rings. The maximum atomic E-state index is 3.53. The minimum atomic E-state index is 0. The zero-order valence-electron chi connectivity index (χ0n) is 15.1. The standard InChI is InChI=1S/C20H29N3.Ni/c1-15-7-5-8-16(2)19(15)22-13-11-21-12-14-23-20-17(3)9-6-10-18(20)4;/h5-10,21-23H,11-14H2,1-4H3;. The van der Waals surface area contributed by atoms with E-state index >= 15 is 0 Å². The molecule has 4 heteroatoms. The van der Waals surface area contributed by atoms with Gasteiger partial charge in [-0.05, 0) is 49.9 Å². The first-order chi connectivity index (χ1) is 11.1. The predicted octanol–water partition coefficient (Wildman–Crippen LogP) is 4.03. The summed E-state index contributed by atoms with van der Waals surface area (Å²) in [6.45, 7) is 12.4. The minimum absolute atomic E-state index is 0. The van der Waals surface area contributed by atoms with Crippen molar-refractivity contribution in [2.24, 2.45) is 0 Å². The van der Waals surface area contributed by atoms with Gasteiger partial charge < -0.3 is 16.0 Å². The number of aryl methyl sites for hydroxylation is 4. The molecule has 0 saturated heterocycles. The Labute approximate surface area is 156 Å². The fourth-order valence-corrected chi connectivity index (χ4v) is 2.86. The van der Waals surface area contributed by atoms with Crippen molar-refractivity contribution in [1.82, 2.24) is 5.32 Å². The van der Waals surface area contributed by atoms with E-state index in [-0.39, 0.29) is 16.5 Å². The normalized spacial score (nSPS) is 10.2. The summed E-state index contributed by atoms with van der Waals surface area (Å²) in [5.74, 6) is 0. The van der Waals surface area contributed by atoms with Gasteiger partial charge in [0.05, 0.1) is 0 Å². The van der Waals surface area contributed by atoms with Crippen molar-refractivity contribution in [3.8, 4) is 0 Å². The summed E-state index contributed by atoms with van der Waals surface area (Å²) in [4.78, 5) is 0. The second-order valence-corrected chi connectivity index (χ2v) is 6.14. The molecule has 0 amide bonds. The summed E-state index contributed by atoms with van der Waals surface area (Å²) >= 11 is 0. The molecule has 0 atom stereocenters. The van der Waals surface area contributed by atoms with Gasteiger partial charge in [0.1, 0.15) is 0 Å². The smallest absolute Gasteiger partial charge is 0.0400 e. The molecule has 0 aliphatic carbocycles. The Hall–Kier alpha value is -1.51. The maximum absolute atomic E-state index is 3.53. The van der Waals surface area contributed by atoms with Crippen molar-refractivity contribution >= 4 is 11.4 Å². The van der Waals surface area contributed by atoms with Crippen LogP contribution >= 0.6 is 0 Å². The molecular weight excluding hydrogens is 341 g/mol. The van der Waals surface area contributed by atoms with Crippen LogP contribution in [0.25, 0.3) is 0 Å². The van der Waals surface area contributed by atoms with Crippen LogP contribution in [0.1, 0.15) is 22.3 Å². The van der Waals surface area contributed by atoms with Gasteiger partial charge in [0.15, 0.2) is 0 Å². The summed E-state index contributed by atoms with van der Waals surface area (Å²) in [7, 11) is 0. The molecule has 0 unspecified atom stereocenters. The first kappa shape index (κ1) is 20.5. The third-order valence-corrected chi connectivity index (χ3v) is 4.17. The van der Waals surface area contributed by atoms with E-state index in [1.54, 1.807) is 0 Å². The van der Waals surface area contributed by atoms with Crippen molar-refractivity contribution < 1.29 is 16.5 Å². The molecule has 3 nitrogen and oxygen atoms in total. The quantitative estimate of drug-likeness (QED) is 0.485. The average molecular weight is 370 g/mol. The van der Waals surface area contributed by atoms with Gasteiger partial charge in [0.2, 0.25) is 0 Å². The molecule has 0 bridgehead atoms. The Bertz CT molecular complexity index is 545. The van der Waals surface area contributed by atoms with E-state index in [1.807, 2.05) is 0 Å². The summed E-state index contributed by atoms with van der Waals surface area (Å²) in [5, 5.41) is 10.5. The van der Waals surface area contributed by atoms with Gasteiger partial charge in [0, 0.05) is 54.0 Å². The molecule has 0 aromatic heterocycles. The van der Waals surface area contributed by atoms with Gasteiger partial charge >= 0.3 is 0 Å². The van der Waals surface area contributed by atoms with E-state index in [1.165, 1.54) is 33.6 Å². The molecule has 3 N–H and O–H groups in total. The number of hydrogen-bond donors (Lipinski definition) is 3. The van der Waals surface area contributed by atoms with Gasteiger partial charge in [0.25, 0.3) is 0 Å². The second-order valence-electron chi connectivity index (χ2n) is 6.14. The Morgan fingerprint density at radius 1 is 0.583 bits per heavy atom. The Balaban J connectivity index is 0.00000288. The van der Waals surface area contributed by atoms with Crippen LogP contribution in [-0.2, 0) is 16.5 Å². The zero-order chi connectivity index (χ0) is 16.7. The van der Waals surface area contributed by atoms with E-state index in [4.69, 9.17) is 0 Å². The minimum Gasteiger partial charge on any atom is -0.383 e. The van der Waals surface area contributed by atoms with Crippen molar-refractivity contribution in [1.29, 1.82) is 0 Å². The molecule has 0 saturated carbocycles. The van der Waals surface area contributed by atoms with Crippen LogP contribution in [0.4, 0.5) is 11.4 Å². The van der Waals surface area contributed by atoms with Gasteiger partial charge in [-0.1, -0.05) is 36.4 Å². The van der Waals surface area contributed by atoms with E-state index in [0.29, 0.717) is 0 Å². The van der Waals surface area contributed by atoms with E-state index in [0.717, 1.165) is 26.2 Å². The van der Waals surface area contributed by atoms with Crippen LogP contribution in [0.5, 0.6) is 0 Å². The molecule has 134 valence electrons. The van der Waals surface area contributed by atoms with E-state index in [2.05, 4.69) is 80.0 Å². The number of rotatable bonds is 8. The molecule has 24 heavy (non-hydrogen) atoms. The Morgan fingerprint density at radius 2 is 0.917 bits per heavy atom.